The third kappa shape index (κ3) is 8.09. The molecule has 0 bridgehead atoms. The molecule has 2 heterocycles. The number of thiazole rings is 1. The number of hydrogen-bond acceptors (Lipinski definition) is 5. The predicted octanol–water partition coefficient (Wildman–Crippen LogP) is 6.26. The van der Waals surface area contributed by atoms with Gasteiger partial charge in [-0.05, 0) is 0 Å². The van der Waals surface area contributed by atoms with E-state index in [-0.39, 0.29) is 6.09 Å². The first-order valence-electron chi connectivity index (χ1n) is 12.4. The molecule has 0 atom stereocenters. The molecule has 178 valence electrons. The molecule has 0 saturated carbocycles. The summed E-state index contributed by atoms with van der Waals surface area (Å²) in [7, 11) is 0. The molecule has 1 aromatic rings. The van der Waals surface area contributed by atoms with E-state index in [1.807, 2.05) is 37.0 Å². The van der Waals surface area contributed by atoms with Crippen LogP contribution >= 0.6 is 11.3 Å². The van der Waals surface area contributed by atoms with Gasteiger partial charge in [0.1, 0.15) is 0 Å². The number of amides is 1. The first kappa shape index (κ1) is 26.7. The van der Waals surface area contributed by atoms with Gasteiger partial charge >= 0.3 is 200 Å². The van der Waals surface area contributed by atoms with Crippen molar-refractivity contribution in [1.29, 1.82) is 0 Å². The van der Waals surface area contributed by atoms with Gasteiger partial charge in [0.2, 0.25) is 0 Å². The number of ether oxygens (including phenoxy) is 1. The monoisotopic (exact) mass is 559 g/mol. The Morgan fingerprint density at radius 2 is 1.52 bits per heavy atom. The van der Waals surface area contributed by atoms with Crippen LogP contribution in [-0.4, -0.2) is 66.1 Å². The quantitative estimate of drug-likeness (QED) is 0.301. The molecular formula is C24H45N3O2SSn. The number of unbranched alkanes of at least 4 members (excludes halogenated alkanes) is 3. The maximum atomic E-state index is 12.4. The van der Waals surface area contributed by atoms with Crippen LogP contribution < -0.4 is 7.79 Å². The summed E-state index contributed by atoms with van der Waals surface area (Å²) in [5, 5.41) is 1.17. The number of anilines is 1. The zero-order valence-corrected chi connectivity index (χ0v) is 24.5. The second kappa shape index (κ2) is 12.7. The number of carbonyl (C=O) groups is 1. The van der Waals surface area contributed by atoms with Gasteiger partial charge in [0.05, 0.1) is 0 Å². The fourth-order valence-corrected chi connectivity index (χ4v) is 24.0. The predicted molar refractivity (Wildman–Crippen MR) is 137 cm³/mol. The van der Waals surface area contributed by atoms with Gasteiger partial charge in [-0.15, -0.1) is 0 Å². The van der Waals surface area contributed by atoms with Crippen molar-refractivity contribution >= 4 is 43.8 Å². The van der Waals surface area contributed by atoms with E-state index in [0.717, 1.165) is 13.1 Å². The summed E-state index contributed by atoms with van der Waals surface area (Å²) >= 11 is -0.411. The van der Waals surface area contributed by atoms with Gasteiger partial charge in [-0.25, -0.2) is 0 Å². The van der Waals surface area contributed by atoms with Gasteiger partial charge in [0.15, 0.2) is 0 Å². The van der Waals surface area contributed by atoms with Crippen molar-refractivity contribution in [3.8, 4) is 0 Å². The van der Waals surface area contributed by atoms with Crippen molar-refractivity contribution in [1.82, 2.24) is 9.88 Å². The third-order valence-corrected chi connectivity index (χ3v) is 25.5. The van der Waals surface area contributed by atoms with E-state index in [0.29, 0.717) is 13.1 Å². The van der Waals surface area contributed by atoms with E-state index >= 15 is 0 Å². The topological polar surface area (TPSA) is 45.7 Å². The van der Waals surface area contributed by atoms with Crippen LogP contribution in [0.3, 0.4) is 0 Å². The molecule has 0 spiro atoms. The standard InChI is InChI=1S/C12H18N3O2S.3C4H9.Sn/c1-12(2,3)17-11(16)15-7-5-14(6-8-15)10-13-4-9-18-10;3*1-3-4-2;/h4H,5-8H2,1-3H3;3*1,3-4H2,2H3;. The average molecular weight is 558 g/mol. The molecule has 1 aromatic heterocycles. The van der Waals surface area contributed by atoms with Gasteiger partial charge in [-0.3, -0.25) is 0 Å². The van der Waals surface area contributed by atoms with E-state index < -0.39 is 24.0 Å². The Morgan fingerprint density at radius 1 is 1.00 bits per heavy atom. The summed E-state index contributed by atoms with van der Waals surface area (Å²) < 4.78 is 11.7. The minimum atomic E-state index is -2.40. The van der Waals surface area contributed by atoms with Gasteiger partial charge in [0, 0.05) is 0 Å². The number of carbonyl (C=O) groups excluding carboxylic acids is 1. The summed E-state index contributed by atoms with van der Waals surface area (Å²) in [6.45, 7) is 15.9. The van der Waals surface area contributed by atoms with Crippen LogP contribution in [0.2, 0.25) is 13.3 Å². The zero-order chi connectivity index (χ0) is 22.9. The Balaban J connectivity index is 2.09. The molecule has 7 heteroatoms. The van der Waals surface area contributed by atoms with E-state index in [1.165, 1.54) is 57.0 Å². The molecule has 5 nitrogen and oxygen atoms in total. The van der Waals surface area contributed by atoms with E-state index in [9.17, 15) is 4.79 Å². The molecule has 1 saturated heterocycles. The van der Waals surface area contributed by atoms with Crippen molar-refractivity contribution in [2.75, 3.05) is 31.1 Å². The number of piperazine rings is 1. The number of rotatable bonds is 11. The summed E-state index contributed by atoms with van der Waals surface area (Å²) in [6, 6.07) is 0. The van der Waals surface area contributed by atoms with Gasteiger partial charge in [0.25, 0.3) is 0 Å². The number of aromatic nitrogens is 1. The van der Waals surface area contributed by atoms with Crippen LogP contribution in [0, 0.1) is 0 Å². The summed E-state index contributed by atoms with van der Waals surface area (Å²) in [6.07, 6.45) is 10.1. The average Bonchev–Trinajstić information content (AvgIpc) is 3.23. The first-order chi connectivity index (χ1) is 14.7. The van der Waals surface area contributed by atoms with E-state index in [4.69, 9.17) is 9.72 Å². The molecule has 1 aliphatic rings. The van der Waals surface area contributed by atoms with E-state index in [2.05, 4.69) is 31.9 Å². The van der Waals surface area contributed by atoms with E-state index in [1.54, 1.807) is 2.89 Å². The third-order valence-electron chi connectivity index (χ3n) is 6.24. The minimum absolute atomic E-state index is 0.194. The Bertz CT molecular complexity index is 644. The molecule has 2 rings (SSSR count). The molecule has 0 radical (unpaired) electrons. The molecule has 31 heavy (non-hydrogen) atoms. The van der Waals surface area contributed by atoms with Crippen LogP contribution in [0.25, 0.3) is 0 Å². The molecule has 1 amide bonds. The fraction of sp³-hybridized carbons (Fsp3) is 0.833. The second-order valence-electron chi connectivity index (χ2n) is 10.1. The van der Waals surface area contributed by atoms with Crippen LogP contribution in [0.15, 0.2) is 6.20 Å². The molecular weight excluding hydrogens is 513 g/mol. The SMILES string of the molecule is CCC[CH2][Sn]([CH2]CCC)([CH2]CCC)[c]1cnc(N2CCN(C(=O)OC(C)(C)C)CC2)s1. The maximum absolute atomic E-state index is 12.4. The Morgan fingerprint density at radius 3 is 1.97 bits per heavy atom. The molecule has 0 aliphatic carbocycles. The Kier molecular flexibility index (Phi) is 10.9. The number of nitrogens with zero attached hydrogens (tertiary/aromatic N) is 3. The van der Waals surface area contributed by atoms with Crippen molar-refractivity contribution in [3.63, 3.8) is 0 Å². The van der Waals surface area contributed by atoms with Crippen LogP contribution in [0.1, 0.15) is 80.1 Å². The van der Waals surface area contributed by atoms with Crippen molar-refractivity contribution in [2.24, 2.45) is 0 Å². The van der Waals surface area contributed by atoms with Crippen LogP contribution in [0.5, 0.6) is 0 Å². The summed E-state index contributed by atoms with van der Waals surface area (Å²) in [5.74, 6) is 0. The van der Waals surface area contributed by atoms with Crippen molar-refractivity contribution in [2.45, 2.75) is 99.0 Å². The van der Waals surface area contributed by atoms with Crippen LogP contribution in [-0.2, 0) is 4.74 Å². The summed E-state index contributed by atoms with van der Waals surface area (Å²) in [5.41, 5.74) is -0.440. The number of hydrogen-bond donors (Lipinski definition) is 0. The van der Waals surface area contributed by atoms with Gasteiger partial charge in [-0.1, -0.05) is 0 Å². The van der Waals surface area contributed by atoms with Crippen LogP contribution in [0.4, 0.5) is 9.93 Å². The van der Waals surface area contributed by atoms with Gasteiger partial charge in [-0.2, -0.15) is 0 Å². The van der Waals surface area contributed by atoms with Crippen molar-refractivity contribution in [3.05, 3.63) is 6.20 Å². The van der Waals surface area contributed by atoms with Gasteiger partial charge < -0.3 is 0 Å². The molecule has 0 unspecified atom stereocenters. The summed E-state index contributed by atoms with van der Waals surface area (Å²) in [4.78, 5) is 21.5. The Hall–Kier alpha value is -0.501. The first-order valence-corrected chi connectivity index (χ1v) is 20.7. The van der Waals surface area contributed by atoms with Crippen molar-refractivity contribution < 1.29 is 9.53 Å². The molecule has 0 aromatic carbocycles. The molecule has 1 aliphatic heterocycles. The fourth-order valence-electron chi connectivity index (χ4n) is 4.35. The zero-order valence-electron chi connectivity index (χ0n) is 20.8. The Labute approximate surface area is 198 Å². The second-order valence-corrected chi connectivity index (χ2v) is 25.2. The molecule has 0 N–H and O–H groups in total. The normalized spacial score (nSPS) is 15.4. The molecule has 1 fully saturated rings.